The number of pyridine rings is 2. The van der Waals surface area contributed by atoms with Crippen LogP contribution >= 0.6 is 0 Å². The molecule has 0 fully saturated rings. The lowest BCUT2D eigenvalue weighted by Crippen LogP contribution is -2.41. The Bertz CT molecular complexity index is 1410. The Morgan fingerprint density at radius 1 is 1.00 bits per heavy atom. The first-order valence-corrected chi connectivity index (χ1v) is 8.47. The third-order valence-electron chi connectivity index (χ3n) is 4.36. The van der Waals surface area contributed by atoms with E-state index in [-0.39, 0.29) is 34.5 Å². The standard InChI is InChI=1S/C19H13N5O5/c25-15-6-9-21(10-7-15)12-22-18(26)16-5-2-8-20-17(16)23(19(22)27)13-3-1-4-14(11-13)24(28)29/h1-11H,12H2. The van der Waals surface area contributed by atoms with Gasteiger partial charge in [0.25, 0.3) is 11.2 Å². The van der Waals surface area contributed by atoms with Crippen molar-refractivity contribution >= 4 is 16.7 Å². The number of aromatic nitrogens is 4. The highest BCUT2D eigenvalue weighted by atomic mass is 16.6. The molecule has 3 aromatic heterocycles. The molecule has 29 heavy (non-hydrogen) atoms. The summed E-state index contributed by atoms with van der Waals surface area (Å²) in [6.07, 6.45) is 4.35. The molecule has 4 rings (SSSR count). The highest BCUT2D eigenvalue weighted by molar-refractivity contribution is 5.75. The predicted octanol–water partition coefficient (Wildman–Crippen LogP) is 1.12. The Balaban J connectivity index is 2.01. The van der Waals surface area contributed by atoms with Crippen LogP contribution in [-0.2, 0) is 6.67 Å². The van der Waals surface area contributed by atoms with Crippen molar-refractivity contribution in [2.75, 3.05) is 0 Å². The summed E-state index contributed by atoms with van der Waals surface area (Å²) in [6.45, 7) is -0.141. The Kier molecular flexibility index (Phi) is 4.36. The highest BCUT2D eigenvalue weighted by Crippen LogP contribution is 2.18. The minimum atomic E-state index is -0.708. The molecular formula is C19H13N5O5. The summed E-state index contributed by atoms with van der Waals surface area (Å²) in [5.74, 6) is 0. The number of nitro groups is 1. The molecule has 4 aromatic rings. The molecule has 0 saturated carbocycles. The van der Waals surface area contributed by atoms with Crippen LogP contribution in [0.15, 0.2) is 81.5 Å². The summed E-state index contributed by atoms with van der Waals surface area (Å²) < 4.78 is 3.64. The van der Waals surface area contributed by atoms with E-state index in [2.05, 4.69) is 4.98 Å². The summed E-state index contributed by atoms with van der Waals surface area (Å²) >= 11 is 0. The Morgan fingerprint density at radius 2 is 1.76 bits per heavy atom. The summed E-state index contributed by atoms with van der Waals surface area (Å²) in [5, 5.41) is 11.3. The lowest BCUT2D eigenvalue weighted by molar-refractivity contribution is -0.384. The summed E-state index contributed by atoms with van der Waals surface area (Å²) in [7, 11) is 0. The minimum absolute atomic E-state index is 0.0964. The second-order valence-corrected chi connectivity index (χ2v) is 6.19. The van der Waals surface area contributed by atoms with Crippen molar-refractivity contribution < 1.29 is 4.92 Å². The maximum absolute atomic E-state index is 13.2. The molecule has 144 valence electrons. The van der Waals surface area contributed by atoms with Crippen LogP contribution < -0.4 is 16.7 Å². The molecule has 0 saturated heterocycles. The van der Waals surface area contributed by atoms with Gasteiger partial charge in [0.1, 0.15) is 6.67 Å². The van der Waals surface area contributed by atoms with Crippen molar-refractivity contribution in [3.63, 3.8) is 0 Å². The normalized spacial score (nSPS) is 10.9. The molecule has 0 atom stereocenters. The van der Waals surface area contributed by atoms with Gasteiger partial charge in [0, 0.05) is 42.9 Å². The van der Waals surface area contributed by atoms with Gasteiger partial charge >= 0.3 is 5.69 Å². The fourth-order valence-corrected chi connectivity index (χ4v) is 2.99. The number of nitro benzene ring substituents is 1. The predicted molar refractivity (Wildman–Crippen MR) is 104 cm³/mol. The molecule has 0 bridgehead atoms. The van der Waals surface area contributed by atoms with E-state index in [0.717, 1.165) is 9.13 Å². The van der Waals surface area contributed by atoms with E-state index in [1.807, 2.05) is 0 Å². The number of hydrogen-bond donors (Lipinski definition) is 0. The molecule has 0 amide bonds. The number of nitrogens with zero attached hydrogens (tertiary/aromatic N) is 5. The first-order chi connectivity index (χ1) is 14.0. The van der Waals surface area contributed by atoms with Gasteiger partial charge < -0.3 is 4.57 Å². The lowest BCUT2D eigenvalue weighted by atomic mass is 10.2. The maximum atomic E-state index is 13.2. The monoisotopic (exact) mass is 391 g/mol. The van der Waals surface area contributed by atoms with E-state index in [4.69, 9.17) is 0 Å². The summed E-state index contributed by atoms with van der Waals surface area (Å²) in [4.78, 5) is 52.1. The molecule has 0 aliphatic rings. The van der Waals surface area contributed by atoms with E-state index >= 15 is 0 Å². The third-order valence-corrected chi connectivity index (χ3v) is 4.36. The SMILES string of the molecule is O=c1ccn(Cn2c(=O)c3cccnc3n(-c3cccc([N+](=O)[O-])c3)c2=O)cc1. The van der Waals surface area contributed by atoms with Gasteiger partial charge in [-0.15, -0.1) is 0 Å². The first kappa shape index (κ1) is 18.0. The number of benzene rings is 1. The molecule has 10 heteroatoms. The van der Waals surface area contributed by atoms with Crippen LogP contribution in [0.2, 0.25) is 0 Å². The van der Waals surface area contributed by atoms with Gasteiger partial charge in [-0.2, -0.15) is 0 Å². The number of non-ortho nitro benzene ring substituents is 1. The van der Waals surface area contributed by atoms with Crippen LogP contribution in [0, 0.1) is 10.1 Å². The van der Waals surface area contributed by atoms with Crippen molar-refractivity contribution in [2.24, 2.45) is 0 Å². The Hall–Kier alpha value is -4.34. The Labute approximate surface area is 161 Å². The fourth-order valence-electron chi connectivity index (χ4n) is 2.99. The topological polar surface area (TPSA) is 122 Å². The molecule has 0 aliphatic carbocycles. The smallest absolute Gasteiger partial charge is 0.335 e. The molecule has 1 aromatic carbocycles. The molecule has 3 heterocycles. The van der Waals surface area contributed by atoms with Crippen molar-refractivity contribution in [1.82, 2.24) is 18.7 Å². The highest BCUT2D eigenvalue weighted by Gasteiger charge is 2.17. The summed E-state index contributed by atoms with van der Waals surface area (Å²) in [6, 6.07) is 11.2. The van der Waals surface area contributed by atoms with E-state index in [0.29, 0.717) is 0 Å². The van der Waals surface area contributed by atoms with Gasteiger partial charge in [0.2, 0.25) is 0 Å². The number of fused-ring (bicyclic) bond motifs is 1. The Morgan fingerprint density at radius 3 is 2.48 bits per heavy atom. The minimum Gasteiger partial charge on any atom is -0.335 e. The molecule has 0 radical (unpaired) electrons. The molecule has 10 nitrogen and oxygen atoms in total. The largest absolute Gasteiger partial charge is 0.338 e. The van der Waals surface area contributed by atoms with E-state index in [1.165, 1.54) is 65.6 Å². The molecule has 0 aliphatic heterocycles. The van der Waals surface area contributed by atoms with Crippen molar-refractivity contribution in [3.05, 3.63) is 108 Å². The molecule has 0 unspecified atom stereocenters. The van der Waals surface area contributed by atoms with Gasteiger partial charge in [-0.1, -0.05) is 6.07 Å². The van der Waals surface area contributed by atoms with Gasteiger partial charge in [-0.3, -0.25) is 19.7 Å². The van der Waals surface area contributed by atoms with Gasteiger partial charge in [-0.05, 0) is 18.2 Å². The van der Waals surface area contributed by atoms with Gasteiger partial charge in [0.15, 0.2) is 11.1 Å². The third kappa shape index (κ3) is 3.23. The average Bonchev–Trinajstić information content (AvgIpc) is 2.73. The van der Waals surface area contributed by atoms with Crippen LogP contribution in [0.4, 0.5) is 5.69 Å². The van der Waals surface area contributed by atoms with Gasteiger partial charge in [0.05, 0.1) is 16.0 Å². The zero-order valence-corrected chi connectivity index (χ0v) is 14.8. The fraction of sp³-hybridized carbons (Fsp3) is 0.0526. The van der Waals surface area contributed by atoms with Crippen LogP contribution in [0.25, 0.3) is 16.7 Å². The maximum Gasteiger partial charge on any atom is 0.338 e. The second kappa shape index (κ2) is 7.00. The van der Waals surface area contributed by atoms with Crippen molar-refractivity contribution in [1.29, 1.82) is 0 Å². The second-order valence-electron chi connectivity index (χ2n) is 6.19. The van der Waals surface area contributed by atoms with E-state index in [1.54, 1.807) is 6.07 Å². The van der Waals surface area contributed by atoms with Crippen LogP contribution in [0.3, 0.4) is 0 Å². The summed E-state index contributed by atoms with van der Waals surface area (Å²) in [5.41, 5.74) is -1.36. The van der Waals surface area contributed by atoms with E-state index < -0.39 is 16.2 Å². The van der Waals surface area contributed by atoms with Crippen molar-refractivity contribution in [2.45, 2.75) is 6.67 Å². The number of rotatable bonds is 4. The van der Waals surface area contributed by atoms with Crippen LogP contribution in [0.1, 0.15) is 0 Å². The number of hydrogen-bond acceptors (Lipinski definition) is 6. The zero-order chi connectivity index (χ0) is 20.5. The molecule has 0 N–H and O–H groups in total. The van der Waals surface area contributed by atoms with Crippen LogP contribution in [-0.4, -0.2) is 23.6 Å². The lowest BCUT2D eigenvalue weighted by Gasteiger charge is -2.14. The van der Waals surface area contributed by atoms with Crippen molar-refractivity contribution in [3.8, 4) is 5.69 Å². The van der Waals surface area contributed by atoms with Crippen LogP contribution in [0.5, 0.6) is 0 Å². The molecular weight excluding hydrogens is 378 g/mol. The van der Waals surface area contributed by atoms with Gasteiger partial charge in [-0.25, -0.2) is 18.9 Å². The van der Waals surface area contributed by atoms with E-state index in [9.17, 15) is 24.5 Å². The molecule has 0 spiro atoms. The first-order valence-electron chi connectivity index (χ1n) is 8.47. The average molecular weight is 391 g/mol. The quantitative estimate of drug-likeness (QED) is 0.380. The zero-order valence-electron chi connectivity index (χ0n) is 14.8.